The molecule has 0 radical (unpaired) electrons. The summed E-state index contributed by atoms with van der Waals surface area (Å²) < 4.78 is 126. The Hall–Kier alpha value is -3.69. The summed E-state index contributed by atoms with van der Waals surface area (Å²) in [4.78, 5) is 12.6. The number of allylic oxidation sites excluding steroid dienone is 7. The number of benzene rings is 2. The summed E-state index contributed by atoms with van der Waals surface area (Å²) in [7, 11) is -14.7. The van der Waals surface area contributed by atoms with Crippen LogP contribution in [0.5, 0.6) is 0 Å². The third kappa shape index (κ3) is 12.7. The van der Waals surface area contributed by atoms with Crippen molar-refractivity contribution < 1.29 is 61.0 Å². The number of hydrogen-bond donors (Lipinski definition) is 3. The molecule has 0 bridgehead atoms. The van der Waals surface area contributed by atoms with E-state index in [0.717, 1.165) is 19.8 Å². The monoisotopic (exact) mass is 887 g/mol. The number of carboxylic acid groups (broad SMARTS) is 1. The molecule has 0 fully saturated rings. The molecule has 1 aliphatic rings. The first-order valence-corrected chi connectivity index (χ1v) is 24.4. The number of fused-ring (bicyclic) bond motifs is 1. The maximum Gasteiger partial charge on any atom is 0.303 e. The van der Waals surface area contributed by atoms with Crippen molar-refractivity contribution in [2.75, 3.05) is 37.2 Å². The van der Waals surface area contributed by atoms with Gasteiger partial charge in [-0.2, -0.15) is 33.7 Å². The van der Waals surface area contributed by atoms with E-state index in [1.165, 1.54) is 24.3 Å². The Labute approximate surface area is 342 Å². The van der Waals surface area contributed by atoms with E-state index in [1.807, 2.05) is 11.8 Å². The smallest absolute Gasteiger partial charge is 0.303 e. The van der Waals surface area contributed by atoms with E-state index >= 15 is 0 Å². The first-order chi connectivity index (χ1) is 26.8. The molecule has 2 aromatic rings. The third-order valence-electron chi connectivity index (χ3n) is 10.5. The number of carbonyl (C=O) groups is 1. The highest BCUT2D eigenvalue weighted by molar-refractivity contribution is 7.87. The third-order valence-corrected chi connectivity index (χ3v) is 14.7. The molecule has 15 nitrogen and oxygen atoms in total. The van der Waals surface area contributed by atoms with Crippen molar-refractivity contribution in [2.24, 2.45) is 0 Å². The van der Waals surface area contributed by atoms with Gasteiger partial charge < -0.3 is 10.0 Å². The van der Waals surface area contributed by atoms with Gasteiger partial charge in [-0.15, -0.1) is 0 Å². The molecule has 1 aliphatic heterocycles. The lowest BCUT2D eigenvalue weighted by atomic mass is 9.71. The van der Waals surface area contributed by atoms with Gasteiger partial charge in [0.2, 0.25) is 0 Å². The number of nitrogens with zero attached hydrogens (tertiary/aromatic N) is 1. The second-order valence-electron chi connectivity index (χ2n) is 14.5. The summed E-state index contributed by atoms with van der Waals surface area (Å²) >= 11 is 0. The van der Waals surface area contributed by atoms with Crippen LogP contribution in [0.4, 0.5) is 5.69 Å². The number of carboxylic acids is 1. The van der Waals surface area contributed by atoms with Crippen molar-refractivity contribution in [1.82, 2.24) is 0 Å². The molecule has 0 saturated heterocycles. The van der Waals surface area contributed by atoms with Gasteiger partial charge in [0.25, 0.3) is 40.5 Å². The van der Waals surface area contributed by atoms with E-state index < -0.39 is 63.0 Å². The lowest BCUT2D eigenvalue weighted by Gasteiger charge is -2.33. The van der Waals surface area contributed by atoms with Crippen LogP contribution in [-0.4, -0.2) is 86.1 Å². The number of aliphatic carboxylic acids is 1. The Kier molecular flexibility index (Phi) is 16.4. The minimum absolute atomic E-state index is 0.00667. The predicted molar refractivity (Wildman–Crippen MR) is 221 cm³/mol. The summed E-state index contributed by atoms with van der Waals surface area (Å²) in [6, 6.07) is 8.71. The highest BCUT2D eigenvalue weighted by Crippen LogP contribution is 2.51. The van der Waals surface area contributed by atoms with Crippen molar-refractivity contribution in [3.8, 4) is 0 Å². The highest BCUT2D eigenvalue weighted by Gasteiger charge is 2.43. The molecule has 19 heteroatoms. The zero-order valence-corrected chi connectivity index (χ0v) is 36.5. The SMILES string of the molecule is C=C(/C=C/C=C/C=C1/N(CCCCCC(=O)O)c2ccc(S(=O)(=O)O)cc2C1(C)CCCS(=O)(=O)O)C(C)(CCCS(=O)(=O)OC)c1cc(S(=O)(=O)OC)ccc1C. The maximum atomic E-state index is 12.6. The van der Waals surface area contributed by atoms with Crippen LogP contribution in [0.25, 0.3) is 0 Å². The first-order valence-electron chi connectivity index (χ1n) is 18.3. The average Bonchev–Trinajstić information content (AvgIpc) is 3.35. The molecule has 3 N–H and O–H groups in total. The van der Waals surface area contributed by atoms with Crippen LogP contribution in [-0.2, 0) is 64.5 Å². The lowest BCUT2D eigenvalue weighted by Crippen LogP contribution is -2.30. The molecular formula is C39H53NO14S4. The lowest BCUT2D eigenvalue weighted by molar-refractivity contribution is -0.137. The number of aryl methyl sites for hydroxylation is 1. The van der Waals surface area contributed by atoms with Crippen LogP contribution in [0.3, 0.4) is 0 Å². The van der Waals surface area contributed by atoms with Crippen molar-refractivity contribution in [3.05, 3.63) is 101 Å². The minimum atomic E-state index is -4.61. The summed E-state index contributed by atoms with van der Waals surface area (Å²) in [6.07, 6.45) is 10.7. The first kappa shape index (κ1) is 48.7. The van der Waals surface area contributed by atoms with Gasteiger partial charge in [0.05, 0.1) is 35.5 Å². The van der Waals surface area contributed by atoms with E-state index in [0.29, 0.717) is 53.9 Å². The van der Waals surface area contributed by atoms with Crippen LogP contribution in [0.1, 0.15) is 81.9 Å². The Morgan fingerprint density at radius 3 is 2.14 bits per heavy atom. The van der Waals surface area contributed by atoms with Crippen molar-refractivity contribution >= 4 is 52.1 Å². The van der Waals surface area contributed by atoms with Gasteiger partial charge in [0, 0.05) is 35.2 Å². The molecule has 3 rings (SSSR count). The van der Waals surface area contributed by atoms with E-state index in [-0.39, 0.29) is 47.6 Å². The summed E-state index contributed by atoms with van der Waals surface area (Å²) in [5.41, 5.74) is 1.66. The van der Waals surface area contributed by atoms with Crippen LogP contribution >= 0.6 is 0 Å². The second kappa shape index (κ2) is 19.6. The van der Waals surface area contributed by atoms with Gasteiger partial charge in [-0.1, -0.05) is 50.3 Å². The number of anilines is 1. The topological polar surface area (TPSA) is 236 Å². The van der Waals surface area contributed by atoms with E-state index in [1.54, 1.807) is 56.4 Å². The fraction of sp³-hybridized carbons (Fsp3) is 0.462. The molecule has 0 aromatic heterocycles. The molecule has 0 amide bonds. The van der Waals surface area contributed by atoms with Crippen molar-refractivity contribution in [2.45, 2.75) is 92.8 Å². The molecular weight excluding hydrogens is 835 g/mol. The zero-order chi connectivity index (χ0) is 43.7. The van der Waals surface area contributed by atoms with Crippen LogP contribution in [0.15, 0.2) is 94.4 Å². The van der Waals surface area contributed by atoms with Crippen molar-refractivity contribution in [3.63, 3.8) is 0 Å². The van der Waals surface area contributed by atoms with Gasteiger partial charge in [-0.25, -0.2) is 0 Å². The highest BCUT2D eigenvalue weighted by atomic mass is 32.2. The largest absolute Gasteiger partial charge is 0.481 e. The summed E-state index contributed by atoms with van der Waals surface area (Å²) in [5.74, 6) is -1.75. The summed E-state index contributed by atoms with van der Waals surface area (Å²) in [5, 5.41) is 9.09. The molecule has 0 spiro atoms. The van der Waals surface area contributed by atoms with Crippen LogP contribution in [0, 0.1) is 6.92 Å². The van der Waals surface area contributed by atoms with Gasteiger partial charge in [0.15, 0.2) is 0 Å². The molecule has 2 atom stereocenters. The average molecular weight is 888 g/mol. The van der Waals surface area contributed by atoms with Crippen molar-refractivity contribution in [1.29, 1.82) is 0 Å². The molecule has 2 unspecified atom stereocenters. The Balaban J connectivity index is 2.09. The number of hydrogen-bond acceptors (Lipinski definition) is 12. The molecule has 322 valence electrons. The van der Waals surface area contributed by atoms with Crippen LogP contribution in [0.2, 0.25) is 0 Å². The Morgan fingerprint density at radius 2 is 1.53 bits per heavy atom. The second-order valence-corrected chi connectivity index (χ2v) is 21.1. The Bertz CT molecular complexity index is 2390. The van der Waals surface area contributed by atoms with Gasteiger partial charge in [-0.3, -0.25) is 22.3 Å². The molecule has 1 heterocycles. The number of rotatable bonds is 23. The molecule has 0 aliphatic carbocycles. The van der Waals surface area contributed by atoms with Gasteiger partial charge in [0.1, 0.15) is 0 Å². The quantitative estimate of drug-likeness (QED) is 0.0485. The molecule has 2 aromatic carbocycles. The zero-order valence-electron chi connectivity index (χ0n) is 33.2. The Morgan fingerprint density at radius 1 is 0.862 bits per heavy atom. The fourth-order valence-corrected chi connectivity index (χ4v) is 9.56. The predicted octanol–water partition coefficient (Wildman–Crippen LogP) is 6.23. The van der Waals surface area contributed by atoms with E-state index in [4.69, 9.17) is 9.29 Å². The standard InChI is InChI=1S/C39H53NO14S4/c1-29-18-19-32(58(51,52)54-6)28-33(29)38(3,22-14-26-56(46,47)53-5)30(2)15-9-7-10-16-36-39(4,23-13-25-55(43,44)45)34-27-31(57(48,49)50)20-21-35(34)40(36)24-12-8-11-17-37(41)42/h7,9-10,15-16,18-21,27-28H,2,8,11-14,17,22-26H2,1,3-6H3,(H,41,42)(H,43,44,45)(H,48,49,50)/b10-7+,15-9+,36-16+. The summed E-state index contributed by atoms with van der Waals surface area (Å²) in [6.45, 7) is 10.1. The fourth-order valence-electron chi connectivity index (χ4n) is 7.19. The van der Waals surface area contributed by atoms with E-state index in [2.05, 4.69) is 10.8 Å². The van der Waals surface area contributed by atoms with Crippen LogP contribution < -0.4 is 4.90 Å². The van der Waals surface area contributed by atoms with Gasteiger partial charge in [-0.05, 0) is 111 Å². The van der Waals surface area contributed by atoms with Gasteiger partial charge >= 0.3 is 5.97 Å². The maximum absolute atomic E-state index is 12.6. The minimum Gasteiger partial charge on any atom is -0.481 e. The van der Waals surface area contributed by atoms with E-state index in [9.17, 15) is 47.6 Å². The molecule has 0 saturated carbocycles. The molecule has 58 heavy (non-hydrogen) atoms. The number of unbranched alkanes of at least 4 members (excludes halogenated alkanes) is 2. The normalized spacial score (nSPS) is 18.3.